The molecule has 3 nitrogen and oxygen atoms in total. The van der Waals surface area contributed by atoms with E-state index < -0.39 is 0 Å². The molecule has 32 heavy (non-hydrogen) atoms. The monoisotopic (exact) mass is 488 g/mol. The van der Waals surface area contributed by atoms with Crippen molar-refractivity contribution in [3.05, 3.63) is 122 Å². The minimum absolute atomic E-state index is 0. The molecule has 1 atom stereocenters. The van der Waals surface area contributed by atoms with E-state index in [1.807, 2.05) is 85.8 Å². The van der Waals surface area contributed by atoms with Crippen LogP contribution in [0.1, 0.15) is 62.2 Å². The minimum atomic E-state index is -0.291. The summed E-state index contributed by atoms with van der Waals surface area (Å²) < 4.78 is 0. The van der Waals surface area contributed by atoms with Gasteiger partial charge in [-0.25, -0.2) is 0 Å². The summed E-state index contributed by atoms with van der Waals surface area (Å²) >= 11 is 0. The van der Waals surface area contributed by atoms with Gasteiger partial charge in [0.15, 0.2) is 0 Å². The second-order valence-corrected chi connectivity index (χ2v) is 5.51. The summed E-state index contributed by atoms with van der Waals surface area (Å²) in [4.78, 5) is 10.0. The summed E-state index contributed by atoms with van der Waals surface area (Å²) in [5, 5.41) is 17.9. The van der Waals surface area contributed by atoms with Crippen molar-refractivity contribution < 1.29 is 34.5 Å². The second-order valence-electron chi connectivity index (χ2n) is 5.51. The molecule has 3 aromatic carbocycles. The molecule has 2 N–H and O–H groups in total. The SMILES string of the molecule is C.CCC(O)c1ccccc1.O=Cc1ccccc1.OCc1ccccc1.[CH2-]C.[CH2-]C.[Zn+2]. The molecule has 0 radical (unpaired) electrons. The molecule has 0 spiro atoms. The van der Waals surface area contributed by atoms with Gasteiger partial charge in [-0.1, -0.05) is 105 Å². The first-order valence-electron chi connectivity index (χ1n) is 10.0. The molecule has 0 fully saturated rings. The van der Waals surface area contributed by atoms with Crippen LogP contribution in [0, 0.1) is 13.8 Å². The van der Waals surface area contributed by atoms with Gasteiger partial charge in [-0.05, 0) is 17.5 Å². The van der Waals surface area contributed by atoms with Crippen LogP contribution in [-0.4, -0.2) is 16.5 Å². The largest absolute Gasteiger partial charge is 2.00 e. The summed E-state index contributed by atoms with van der Waals surface area (Å²) in [5.74, 6) is 0. The second kappa shape index (κ2) is 28.9. The number of aldehydes is 1. The molecule has 172 valence electrons. The molecule has 3 rings (SSSR count). The maximum Gasteiger partial charge on any atom is 2.00 e. The van der Waals surface area contributed by atoms with Crippen molar-refractivity contribution in [1.29, 1.82) is 0 Å². The van der Waals surface area contributed by atoms with Crippen molar-refractivity contribution in [2.45, 2.75) is 47.3 Å². The van der Waals surface area contributed by atoms with E-state index in [4.69, 9.17) is 5.11 Å². The van der Waals surface area contributed by atoms with Crippen LogP contribution in [0.5, 0.6) is 0 Å². The fourth-order valence-electron chi connectivity index (χ4n) is 2.03. The summed E-state index contributed by atoms with van der Waals surface area (Å²) in [7, 11) is 0. The van der Waals surface area contributed by atoms with E-state index in [1.165, 1.54) is 0 Å². The Balaban J connectivity index is -0.000000166. The topological polar surface area (TPSA) is 57.5 Å². The van der Waals surface area contributed by atoms with Gasteiger partial charge in [0.25, 0.3) is 0 Å². The van der Waals surface area contributed by atoms with E-state index in [2.05, 4.69) is 13.8 Å². The Morgan fingerprint density at radius 2 is 1.16 bits per heavy atom. The fourth-order valence-corrected chi connectivity index (χ4v) is 2.03. The van der Waals surface area contributed by atoms with E-state index >= 15 is 0 Å². The predicted molar refractivity (Wildman–Crippen MR) is 135 cm³/mol. The van der Waals surface area contributed by atoms with Gasteiger partial charge >= 0.3 is 19.5 Å². The first-order chi connectivity index (χ1) is 14.7. The molecule has 0 aliphatic carbocycles. The van der Waals surface area contributed by atoms with Gasteiger partial charge in [0.05, 0.1) is 12.7 Å². The number of aliphatic hydroxyl groups excluding tert-OH is 2. The van der Waals surface area contributed by atoms with Crippen molar-refractivity contribution in [2.75, 3.05) is 0 Å². The first-order valence-corrected chi connectivity index (χ1v) is 10.0. The quantitative estimate of drug-likeness (QED) is 0.233. The number of hydrogen-bond acceptors (Lipinski definition) is 3. The minimum Gasteiger partial charge on any atom is -0.392 e. The predicted octanol–water partition coefficient (Wildman–Crippen LogP) is 7.12. The number of aliphatic hydroxyl groups is 2. The van der Waals surface area contributed by atoms with E-state index in [9.17, 15) is 9.90 Å². The Hall–Kier alpha value is -2.13. The molecule has 0 aliphatic rings. The van der Waals surface area contributed by atoms with Crippen molar-refractivity contribution in [1.82, 2.24) is 0 Å². The zero-order chi connectivity index (χ0) is 23.0. The average Bonchev–Trinajstić information content (AvgIpc) is 2.88. The average molecular weight is 490 g/mol. The normalized spacial score (nSPS) is 8.84. The fraction of sp³-hybridized carbons (Fsp3) is 0.250. The third-order valence-electron chi connectivity index (χ3n) is 3.53. The Kier molecular flexibility index (Phi) is 33.6. The Bertz CT molecular complexity index is 705. The number of carbonyl (C=O) groups is 1. The van der Waals surface area contributed by atoms with Crippen LogP contribution >= 0.6 is 0 Å². The van der Waals surface area contributed by atoms with E-state index in [0.717, 1.165) is 29.4 Å². The van der Waals surface area contributed by atoms with E-state index in [1.54, 1.807) is 26.0 Å². The molecule has 0 saturated carbocycles. The molecule has 0 saturated heterocycles. The van der Waals surface area contributed by atoms with E-state index in [0.29, 0.717) is 0 Å². The van der Waals surface area contributed by atoms with Crippen LogP contribution in [-0.2, 0) is 26.1 Å². The van der Waals surface area contributed by atoms with Crippen LogP contribution in [0.4, 0.5) is 0 Å². The molecule has 0 bridgehead atoms. The van der Waals surface area contributed by atoms with Gasteiger partial charge in [0.1, 0.15) is 6.29 Å². The van der Waals surface area contributed by atoms with Crippen LogP contribution in [0.2, 0.25) is 0 Å². The Morgan fingerprint density at radius 3 is 1.44 bits per heavy atom. The molecule has 0 amide bonds. The van der Waals surface area contributed by atoms with Gasteiger partial charge in [-0.2, -0.15) is 13.8 Å². The van der Waals surface area contributed by atoms with Gasteiger partial charge in [-0.15, -0.1) is 0 Å². The number of rotatable bonds is 4. The molecule has 0 aromatic heterocycles. The molecule has 0 heterocycles. The number of carbonyl (C=O) groups excluding carboxylic acids is 1. The maximum atomic E-state index is 10.0. The smallest absolute Gasteiger partial charge is 0.392 e. The van der Waals surface area contributed by atoms with Crippen molar-refractivity contribution in [3.63, 3.8) is 0 Å². The third-order valence-corrected chi connectivity index (χ3v) is 3.53. The Morgan fingerprint density at radius 1 is 0.781 bits per heavy atom. The standard InChI is InChI=1S/C9H12O.C7H8O.C7H6O.2C2H5.CH4.Zn/c1-2-9(10)8-6-4-3-5-7-8;2*8-6-7-4-2-1-3-5-7;2*1-2;;/h3-7,9-10H,2H2,1H3;1-5,8H,6H2;1-6H;2*1H2,2H3;1H4;/q;;;2*-1;;+2. The van der Waals surface area contributed by atoms with Crippen LogP contribution < -0.4 is 0 Å². The summed E-state index contributed by atoms with van der Waals surface area (Å²) in [6, 6.07) is 28.3. The third kappa shape index (κ3) is 19.8. The summed E-state index contributed by atoms with van der Waals surface area (Å²) in [6.07, 6.45) is 1.32. The maximum absolute atomic E-state index is 10.0. The summed E-state index contributed by atoms with van der Waals surface area (Å²) in [5.41, 5.74) is 2.70. The molecule has 3 aromatic rings. The van der Waals surface area contributed by atoms with Crippen LogP contribution in [0.25, 0.3) is 0 Å². The zero-order valence-electron chi connectivity index (χ0n) is 19.2. The molecular formula is C28H40O3Zn. The van der Waals surface area contributed by atoms with Gasteiger partial charge in [0.2, 0.25) is 0 Å². The molecular weight excluding hydrogens is 450 g/mol. The van der Waals surface area contributed by atoms with Crippen molar-refractivity contribution in [2.24, 2.45) is 0 Å². The van der Waals surface area contributed by atoms with Gasteiger partial charge in [0, 0.05) is 5.56 Å². The zero-order valence-corrected chi connectivity index (χ0v) is 22.1. The van der Waals surface area contributed by atoms with Gasteiger partial charge in [-0.3, -0.25) is 4.79 Å². The van der Waals surface area contributed by atoms with Crippen molar-refractivity contribution >= 4 is 6.29 Å². The van der Waals surface area contributed by atoms with E-state index in [-0.39, 0.29) is 39.6 Å². The van der Waals surface area contributed by atoms with Crippen LogP contribution in [0.15, 0.2) is 91.0 Å². The van der Waals surface area contributed by atoms with Crippen LogP contribution in [0.3, 0.4) is 0 Å². The number of benzene rings is 3. The summed E-state index contributed by atoms with van der Waals surface area (Å²) in [6.45, 7) is 12.1. The first kappa shape index (κ1) is 37.2. The molecule has 0 aliphatic heterocycles. The van der Waals surface area contributed by atoms with Gasteiger partial charge < -0.3 is 24.1 Å². The Labute approximate surface area is 209 Å². The molecule has 4 heteroatoms. The number of hydrogen-bond donors (Lipinski definition) is 2. The molecule has 1 unspecified atom stereocenters. The van der Waals surface area contributed by atoms with Crippen molar-refractivity contribution in [3.8, 4) is 0 Å².